The molecule has 7 heteroatoms. The number of allylic oxidation sites excluding steroid dienone is 1. The fraction of sp³-hybridized carbons (Fsp3) is 0.500. The van der Waals surface area contributed by atoms with Gasteiger partial charge in [0, 0.05) is 20.1 Å². The number of hydrogen-bond acceptors (Lipinski definition) is 3. The molecule has 0 radical (unpaired) electrons. The smallest absolute Gasteiger partial charge is 0.191 e. The molecule has 0 saturated carbocycles. The quantitative estimate of drug-likeness (QED) is 0.274. The summed E-state index contributed by atoms with van der Waals surface area (Å²) in [5.41, 5.74) is 1.51. The lowest BCUT2D eigenvalue weighted by molar-refractivity contribution is 0.594. The second kappa shape index (κ2) is 11.5. The zero-order valence-electron chi connectivity index (χ0n) is 14.7. The van der Waals surface area contributed by atoms with E-state index in [1.807, 2.05) is 6.07 Å². The molecule has 140 valence electrons. The predicted molar refractivity (Wildman–Crippen MR) is 114 cm³/mol. The molecular weight excluding hydrogens is 449 g/mol. The molecule has 0 amide bonds. The van der Waals surface area contributed by atoms with Gasteiger partial charge in [-0.25, -0.2) is 8.42 Å². The van der Waals surface area contributed by atoms with Gasteiger partial charge in [-0.3, -0.25) is 4.99 Å². The zero-order valence-corrected chi connectivity index (χ0v) is 17.8. The number of hydrogen-bond donors (Lipinski definition) is 2. The number of guanidine groups is 1. The van der Waals surface area contributed by atoms with Crippen molar-refractivity contribution >= 4 is 39.8 Å². The maximum absolute atomic E-state index is 12.2. The summed E-state index contributed by atoms with van der Waals surface area (Å²) in [6.45, 7) is 1.15. The lowest BCUT2D eigenvalue weighted by atomic mass is 9.97. The fourth-order valence-electron chi connectivity index (χ4n) is 2.74. The van der Waals surface area contributed by atoms with E-state index in [1.54, 1.807) is 31.3 Å². The first-order valence-corrected chi connectivity index (χ1v) is 10.2. The van der Waals surface area contributed by atoms with Crippen molar-refractivity contribution in [2.75, 3.05) is 25.9 Å². The van der Waals surface area contributed by atoms with Crippen molar-refractivity contribution in [3.8, 4) is 0 Å². The maximum Gasteiger partial charge on any atom is 0.191 e. The molecule has 2 N–H and O–H groups in total. The standard InChI is InChI=1S/C18H27N3O2S.HI/c1-19-18(20-13-12-16-8-4-2-5-9-16)21-14-15-24(22,23)17-10-6-3-7-11-17;/h3,6-8,10-11H,2,4-5,9,12-15H2,1H3,(H2,19,20,21);1H. The van der Waals surface area contributed by atoms with E-state index in [-0.39, 0.29) is 29.7 Å². The molecular formula is C18H28IN3O2S. The van der Waals surface area contributed by atoms with Crippen molar-refractivity contribution in [3.63, 3.8) is 0 Å². The summed E-state index contributed by atoms with van der Waals surface area (Å²) < 4.78 is 24.4. The number of sulfone groups is 1. The predicted octanol–water partition coefficient (Wildman–Crippen LogP) is 3.13. The van der Waals surface area contributed by atoms with E-state index >= 15 is 0 Å². The monoisotopic (exact) mass is 477 g/mol. The van der Waals surface area contributed by atoms with E-state index in [0.717, 1.165) is 13.0 Å². The van der Waals surface area contributed by atoms with Gasteiger partial charge < -0.3 is 10.6 Å². The minimum Gasteiger partial charge on any atom is -0.356 e. The Balaban J connectivity index is 0.00000312. The van der Waals surface area contributed by atoms with Crippen LogP contribution in [0.25, 0.3) is 0 Å². The molecule has 2 rings (SSSR count). The molecule has 0 spiro atoms. The molecule has 0 unspecified atom stereocenters. The van der Waals surface area contributed by atoms with E-state index in [9.17, 15) is 8.42 Å². The van der Waals surface area contributed by atoms with Gasteiger partial charge in [0.25, 0.3) is 0 Å². The third kappa shape index (κ3) is 7.77. The molecule has 1 aliphatic rings. The third-order valence-electron chi connectivity index (χ3n) is 4.11. The van der Waals surface area contributed by atoms with Gasteiger partial charge in [-0.05, 0) is 44.2 Å². The molecule has 0 saturated heterocycles. The lowest BCUT2D eigenvalue weighted by Gasteiger charge is -2.15. The van der Waals surface area contributed by atoms with E-state index < -0.39 is 9.84 Å². The Labute approximate surface area is 168 Å². The Kier molecular flexibility index (Phi) is 10.1. The van der Waals surface area contributed by atoms with Gasteiger partial charge in [-0.2, -0.15) is 0 Å². The molecule has 1 aromatic rings. The number of benzene rings is 1. The van der Waals surface area contributed by atoms with Crippen LogP contribution in [-0.4, -0.2) is 40.3 Å². The molecule has 0 bridgehead atoms. The molecule has 1 aliphatic carbocycles. The van der Waals surface area contributed by atoms with Crippen LogP contribution in [-0.2, 0) is 9.84 Å². The van der Waals surface area contributed by atoms with Crippen LogP contribution in [0.5, 0.6) is 0 Å². The largest absolute Gasteiger partial charge is 0.356 e. The van der Waals surface area contributed by atoms with Gasteiger partial charge in [-0.1, -0.05) is 29.8 Å². The zero-order chi connectivity index (χ0) is 17.3. The fourth-order valence-corrected chi connectivity index (χ4v) is 3.92. The van der Waals surface area contributed by atoms with Crippen LogP contribution < -0.4 is 10.6 Å². The summed E-state index contributed by atoms with van der Waals surface area (Å²) in [6.07, 6.45) is 8.34. The van der Waals surface area contributed by atoms with Gasteiger partial charge in [0.05, 0.1) is 10.6 Å². The van der Waals surface area contributed by atoms with Crippen molar-refractivity contribution in [2.45, 2.75) is 37.0 Å². The van der Waals surface area contributed by atoms with Crippen molar-refractivity contribution in [2.24, 2.45) is 4.99 Å². The van der Waals surface area contributed by atoms with Crippen LogP contribution in [0.2, 0.25) is 0 Å². The highest BCUT2D eigenvalue weighted by Crippen LogP contribution is 2.19. The summed E-state index contributed by atoms with van der Waals surface area (Å²) in [5.74, 6) is 0.692. The Morgan fingerprint density at radius 1 is 1.12 bits per heavy atom. The van der Waals surface area contributed by atoms with Crippen LogP contribution in [0, 0.1) is 0 Å². The normalized spacial score (nSPS) is 15.1. The minimum atomic E-state index is -3.26. The molecule has 0 atom stereocenters. The van der Waals surface area contributed by atoms with Crippen molar-refractivity contribution in [1.82, 2.24) is 10.6 Å². The molecule has 0 aliphatic heterocycles. The highest BCUT2D eigenvalue weighted by molar-refractivity contribution is 14.0. The summed E-state index contributed by atoms with van der Waals surface area (Å²) in [5, 5.41) is 6.32. The minimum absolute atomic E-state index is 0. The molecule has 1 aromatic carbocycles. The van der Waals surface area contributed by atoms with Crippen LogP contribution in [0.1, 0.15) is 32.1 Å². The lowest BCUT2D eigenvalue weighted by Crippen LogP contribution is -2.40. The Morgan fingerprint density at radius 3 is 2.48 bits per heavy atom. The van der Waals surface area contributed by atoms with Gasteiger partial charge in [0.1, 0.15) is 0 Å². The van der Waals surface area contributed by atoms with Gasteiger partial charge >= 0.3 is 0 Å². The first-order valence-electron chi connectivity index (χ1n) is 8.52. The van der Waals surface area contributed by atoms with Gasteiger partial charge in [-0.15, -0.1) is 24.0 Å². The Bertz CT molecular complexity index is 673. The second-order valence-electron chi connectivity index (χ2n) is 5.92. The van der Waals surface area contributed by atoms with E-state index in [0.29, 0.717) is 17.4 Å². The SMILES string of the molecule is CN=C(NCCC1=CCCCC1)NCCS(=O)(=O)c1ccccc1.I. The Hall–Kier alpha value is -1.09. The summed E-state index contributed by atoms with van der Waals surface area (Å²) >= 11 is 0. The average Bonchev–Trinajstić information content (AvgIpc) is 2.62. The highest BCUT2D eigenvalue weighted by Gasteiger charge is 2.13. The summed E-state index contributed by atoms with van der Waals surface area (Å²) in [4.78, 5) is 4.50. The number of aliphatic imine (C=N–C) groups is 1. The van der Waals surface area contributed by atoms with Crippen molar-refractivity contribution in [3.05, 3.63) is 42.0 Å². The van der Waals surface area contributed by atoms with Crippen LogP contribution >= 0.6 is 24.0 Å². The van der Waals surface area contributed by atoms with Gasteiger partial charge in [0.15, 0.2) is 15.8 Å². The summed E-state index contributed by atoms with van der Waals surface area (Å²) in [6, 6.07) is 8.53. The summed E-state index contributed by atoms with van der Waals surface area (Å²) in [7, 11) is -1.56. The number of rotatable bonds is 7. The number of nitrogens with one attached hydrogen (secondary N) is 2. The topological polar surface area (TPSA) is 70.6 Å². The Morgan fingerprint density at radius 2 is 1.84 bits per heavy atom. The first kappa shape index (κ1) is 22.0. The second-order valence-corrected chi connectivity index (χ2v) is 8.02. The van der Waals surface area contributed by atoms with E-state index in [2.05, 4.69) is 21.7 Å². The molecule has 0 fully saturated rings. The molecule has 25 heavy (non-hydrogen) atoms. The molecule has 0 heterocycles. The van der Waals surface area contributed by atoms with Crippen molar-refractivity contribution < 1.29 is 8.42 Å². The van der Waals surface area contributed by atoms with Crippen molar-refractivity contribution in [1.29, 1.82) is 0 Å². The van der Waals surface area contributed by atoms with Crippen LogP contribution in [0.3, 0.4) is 0 Å². The first-order chi connectivity index (χ1) is 11.6. The maximum atomic E-state index is 12.2. The number of halogens is 1. The third-order valence-corrected chi connectivity index (χ3v) is 5.84. The van der Waals surface area contributed by atoms with Crippen LogP contribution in [0.15, 0.2) is 51.9 Å². The van der Waals surface area contributed by atoms with E-state index in [4.69, 9.17) is 0 Å². The van der Waals surface area contributed by atoms with Gasteiger partial charge in [0.2, 0.25) is 0 Å². The highest BCUT2D eigenvalue weighted by atomic mass is 127. The number of nitrogens with zero attached hydrogens (tertiary/aromatic N) is 1. The average molecular weight is 477 g/mol. The van der Waals surface area contributed by atoms with Crippen LogP contribution in [0.4, 0.5) is 0 Å². The van der Waals surface area contributed by atoms with E-state index in [1.165, 1.54) is 31.3 Å². The molecule has 0 aromatic heterocycles. The molecule has 5 nitrogen and oxygen atoms in total.